The fourth-order valence-electron chi connectivity index (χ4n) is 1.81. The van der Waals surface area contributed by atoms with Crippen molar-refractivity contribution in [2.24, 2.45) is 0 Å². The van der Waals surface area contributed by atoms with E-state index in [0.29, 0.717) is 0 Å². The number of aromatic nitrogens is 1. The lowest BCUT2D eigenvalue weighted by molar-refractivity contribution is 0.0715. The molecule has 4 heteroatoms. The van der Waals surface area contributed by atoms with Crippen LogP contribution in [0.4, 0.5) is 0 Å². The molecule has 1 fully saturated rings. The summed E-state index contributed by atoms with van der Waals surface area (Å²) >= 11 is 0. The van der Waals surface area contributed by atoms with E-state index >= 15 is 0 Å². The topological polar surface area (TPSA) is 53.4 Å². The van der Waals surface area contributed by atoms with Gasteiger partial charge in [-0.1, -0.05) is 0 Å². The van der Waals surface area contributed by atoms with Crippen molar-refractivity contribution in [3.05, 3.63) is 24.0 Å². The van der Waals surface area contributed by atoms with Crippen molar-refractivity contribution in [2.45, 2.75) is 19.3 Å². The van der Waals surface area contributed by atoms with E-state index in [9.17, 15) is 9.90 Å². The quantitative estimate of drug-likeness (QED) is 0.756. The molecule has 1 amide bonds. The number of piperidine rings is 1. The average molecular weight is 206 g/mol. The SMILES string of the molecule is O=C(c1ncccc1O)N1CCCCC1. The maximum Gasteiger partial charge on any atom is 0.276 e. The first-order valence-electron chi connectivity index (χ1n) is 5.22. The average Bonchev–Trinajstić information content (AvgIpc) is 2.30. The summed E-state index contributed by atoms with van der Waals surface area (Å²) in [6, 6.07) is 3.10. The third-order valence-electron chi connectivity index (χ3n) is 2.63. The maximum absolute atomic E-state index is 11.9. The lowest BCUT2D eigenvalue weighted by Gasteiger charge is -2.26. The first-order chi connectivity index (χ1) is 7.29. The molecule has 0 aromatic carbocycles. The minimum Gasteiger partial charge on any atom is -0.505 e. The van der Waals surface area contributed by atoms with Gasteiger partial charge in [-0.2, -0.15) is 0 Å². The summed E-state index contributed by atoms with van der Waals surface area (Å²) in [5.41, 5.74) is 0.166. The van der Waals surface area contributed by atoms with Crippen LogP contribution in [0, 0.1) is 0 Å². The summed E-state index contributed by atoms with van der Waals surface area (Å²) in [6.07, 6.45) is 4.79. The zero-order chi connectivity index (χ0) is 10.7. The van der Waals surface area contributed by atoms with Gasteiger partial charge in [-0.3, -0.25) is 4.79 Å². The van der Waals surface area contributed by atoms with Crippen LogP contribution >= 0.6 is 0 Å². The number of hydrogen-bond acceptors (Lipinski definition) is 3. The molecule has 0 atom stereocenters. The lowest BCUT2D eigenvalue weighted by atomic mass is 10.1. The number of amides is 1. The van der Waals surface area contributed by atoms with Gasteiger partial charge in [-0.15, -0.1) is 0 Å². The van der Waals surface area contributed by atoms with Crippen LogP contribution in [0.1, 0.15) is 29.8 Å². The zero-order valence-corrected chi connectivity index (χ0v) is 8.52. The third-order valence-corrected chi connectivity index (χ3v) is 2.63. The summed E-state index contributed by atoms with van der Waals surface area (Å²) in [4.78, 5) is 17.6. The minimum atomic E-state index is -0.159. The number of pyridine rings is 1. The highest BCUT2D eigenvalue weighted by molar-refractivity contribution is 5.94. The van der Waals surface area contributed by atoms with E-state index in [2.05, 4.69) is 4.98 Å². The van der Waals surface area contributed by atoms with Crippen LogP contribution in [-0.2, 0) is 0 Å². The number of rotatable bonds is 1. The first kappa shape index (κ1) is 9.96. The minimum absolute atomic E-state index is 0.0342. The summed E-state index contributed by atoms with van der Waals surface area (Å²) < 4.78 is 0. The van der Waals surface area contributed by atoms with E-state index in [4.69, 9.17) is 0 Å². The molecule has 1 N–H and O–H groups in total. The van der Waals surface area contributed by atoms with Gasteiger partial charge in [0.05, 0.1) is 0 Å². The summed E-state index contributed by atoms with van der Waals surface area (Å²) in [5, 5.41) is 9.50. The van der Waals surface area contributed by atoms with Gasteiger partial charge in [0, 0.05) is 19.3 Å². The van der Waals surface area contributed by atoms with Crippen molar-refractivity contribution >= 4 is 5.91 Å². The molecule has 0 spiro atoms. The van der Waals surface area contributed by atoms with Crippen LogP contribution in [-0.4, -0.2) is 34.0 Å². The van der Waals surface area contributed by atoms with Gasteiger partial charge in [0.2, 0.25) is 0 Å². The molecule has 2 heterocycles. The molecule has 1 saturated heterocycles. The largest absolute Gasteiger partial charge is 0.505 e. The summed E-state index contributed by atoms with van der Waals surface area (Å²) in [7, 11) is 0. The Balaban J connectivity index is 2.16. The van der Waals surface area contributed by atoms with Gasteiger partial charge in [-0.05, 0) is 31.4 Å². The predicted molar refractivity (Wildman–Crippen MR) is 55.7 cm³/mol. The molecule has 80 valence electrons. The van der Waals surface area contributed by atoms with Crippen molar-refractivity contribution < 1.29 is 9.90 Å². The Bertz CT molecular complexity index is 359. The second kappa shape index (κ2) is 4.29. The number of hydrogen-bond donors (Lipinski definition) is 1. The molecule has 0 radical (unpaired) electrons. The van der Waals surface area contributed by atoms with Gasteiger partial charge < -0.3 is 10.0 Å². The van der Waals surface area contributed by atoms with Gasteiger partial charge >= 0.3 is 0 Å². The molecule has 4 nitrogen and oxygen atoms in total. The predicted octanol–water partition coefficient (Wildman–Crippen LogP) is 1.41. The molecule has 1 aliphatic rings. The van der Waals surface area contributed by atoms with Crippen molar-refractivity contribution in [1.82, 2.24) is 9.88 Å². The van der Waals surface area contributed by atoms with E-state index in [1.54, 1.807) is 11.0 Å². The Labute approximate surface area is 88.6 Å². The summed E-state index contributed by atoms with van der Waals surface area (Å²) in [5.74, 6) is -0.194. The Morgan fingerprint density at radius 1 is 1.33 bits per heavy atom. The number of aromatic hydroxyl groups is 1. The maximum atomic E-state index is 11.9. The van der Waals surface area contributed by atoms with Crippen LogP contribution in [0.2, 0.25) is 0 Å². The Morgan fingerprint density at radius 2 is 2.07 bits per heavy atom. The van der Waals surface area contributed by atoms with Crippen molar-refractivity contribution in [3.63, 3.8) is 0 Å². The number of carbonyl (C=O) groups is 1. The lowest BCUT2D eigenvalue weighted by Crippen LogP contribution is -2.36. The highest BCUT2D eigenvalue weighted by Crippen LogP contribution is 2.17. The molecule has 0 bridgehead atoms. The summed E-state index contributed by atoms with van der Waals surface area (Å²) in [6.45, 7) is 1.55. The fraction of sp³-hybridized carbons (Fsp3) is 0.455. The molecule has 1 aliphatic heterocycles. The van der Waals surface area contributed by atoms with E-state index in [-0.39, 0.29) is 17.4 Å². The molecule has 0 saturated carbocycles. The van der Waals surface area contributed by atoms with Crippen LogP contribution in [0.25, 0.3) is 0 Å². The molecule has 0 aliphatic carbocycles. The van der Waals surface area contributed by atoms with E-state index in [0.717, 1.165) is 25.9 Å². The molecular formula is C11H14N2O2. The van der Waals surface area contributed by atoms with Crippen molar-refractivity contribution in [2.75, 3.05) is 13.1 Å². The molecule has 1 aromatic heterocycles. The van der Waals surface area contributed by atoms with Crippen LogP contribution in [0.3, 0.4) is 0 Å². The number of likely N-dealkylation sites (tertiary alicyclic amines) is 1. The Kier molecular flexibility index (Phi) is 2.85. The molecule has 1 aromatic rings. The molecular weight excluding hydrogens is 192 g/mol. The van der Waals surface area contributed by atoms with E-state index in [1.807, 2.05) is 0 Å². The van der Waals surface area contributed by atoms with E-state index < -0.39 is 0 Å². The Morgan fingerprint density at radius 3 is 2.73 bits per heavy atom. The second-order valence-corrected chi connectivity index (χ2v) is 3.72. The van der Waals surface area contributed by atoms with Gasteiger partial charge in [0.1, 0.15) is 5.75 Å². The fourth-order valence-corrected chi connectivity index (χ4v) is 1.81. The highest BCUT2D eigenvalue weighted by Gasteiger charge is 2.21. The van der Waals surface area contributed by atoms with Crippen molar-refractivity contribution in [1.29, 1.82) is 0 Å². The van der Waals surface area contributed by atoms with Crippen LogP contribution in [0.5, 0.6) is 5.75 Å². The van der Waals surface area contributed by atoms with Gasteiger partial charge in [-0.25, -0.2) is 4.98 Å². The van der Waals surface area contributed by atoms with Gasteiger partial charge in [0.15, 0.2) is 5.69 Å². The zero-order valence-electron chi connectivity index (χ0n) is 8.52. The smallest absolute Gasteiger partial charge is 0.276 e. The van der Waals surface area contributed by atoms with E-state index in [1.165, 1.54) is 18.7 Å². The van der Waals surface area contributed by atoms with Crippen LogP contribution < -0.4 is 0 Å². The second-order valence-electron chi connectivity index (χ2n) is 3.72. The standard InChI is InChI=1S/C11H14N2O2/c14-9-5-4-6-12-10(9)11(15)13-7-2-1-3-8-13/h4-6,14H,1-3,7-8H2. The third kappa shape index (κ3) is 2.09. The molecule has 2 rings (SSSR count). The number of carbonyl (C=O) groups excluding carboxylic acids is 1. The normalized spacial score (nSPS) is 16.4. The number of nitrogens with zero attached hydrogens (tertiary/aromatic N) is 2. The van der Waals surface area contributed by atoms with Gasteiger partial charge in [0.25, 0.3) is 5.91 Å². The van der Waals surface area contributed by atoms with Crippen molar-refractivity contribution in [3.8, 4) is 5.75 Å². The molecule has 15 heavy (non-hydrogen) atoms. The highest BCUT2D eigenvalue weighted by atomic mass is 16.3. The first-order valence-corrected chi connectivity index (χ1v) is 5.22. The van der Waals surface area contributed by atoms with Crippen LogP contribution in [0.15, 0.2) is 18.3 Å². The molecule has 0 unspecified atom stereocenters. The Hall–Kier alpha value is -1.58. The monoisotopic (exact) mass is 206 g/mol.